The molecule has 29 heavy (non-hydrogen) atoms. The Balaban J connectivity index is 1.72. The van der Waals surface area contributed by atoms with Crippen LogP contribution in [0.5, 0.6) is 0 Å². The summed E-state index contributed by atoms with van der Waals surface area (Å²) >= 11 is 0. The predicted molar refractivity (Wildman–Crippen MR) is 113 cm³/mol. The number of hydrogen-bond acceptors (Lipinski definition) is 7. The summed E-state index contributed by atoms with van der Waals surface area (Å²) in [6, 6.07) is 8.27. The molecule has 8 nitrogen and oxygen atoms in total. The molecule has 2 aromatic heterocycles. The number of anilines is 2. The zero-order valence-corrected chi connectivity index (χ0v) is 17.8. The Morgan fingerprint density at radius 2 is 1.86 bits per heavy atom. The van der Waals surface area contributed by atoms with Crippen LogP contribution in [0.25, 0.3) is 5.65 Å². The number of nitrogens with zero attached hydrogens (tertiary/aromatic N) is 5. The van der Waals surface area contributed by atoms with Gasteiger partial charge in [-0.05, 0) is 30.4 Å². The molecule has 0 radical (unpaired) electrons. The first kappa shape index (κ1) is 19.6. The van der Waals surface area contributed by atoms with E-state index in [1.807, 2.05) is 26.0 Å². The van der Waals surface area contributed by atoms with E-state index in [-0.39, 0.29) is 11.1 Å². The lowest BCUT2D eigenvalue weighted by Gasteiger charge is -2.21. The van der Waals surface area contributed by atoms with Crippen molar-refractivity contribution < 1.29 is 8.42 Å². The zero-order valence-electron chi connectivity index (χ0n) is 17.0. The van der Waals surface area contributed by atoms with Crippen LogP contribution in [0, 0.1) is 0 Å². The quantitative estimate of drug-likeness (QED) is 0.663. The third-order valence-electron chi connectivity index (χ3n) is 5.20. The molecule has 3 aromatic rings. The van der Waals surface area contributed by atoms with Crippen molar-refractivity contribution in [3.05, 3.63) is 41.6 Å². The number of para-hydroxylation sites is 1. The Hall–Kier alpha value is -2.68. The smallest absolute Gasteiger partial charge is 0.252 e. The van der Waals surface area contributed by atoms with E-state index >= 15 is 0 Å². The summed E-state index contributed by atoms with van der Waals surface area (Å²) in [5.74, 6) is 0.539. The van der Waals surface area contributed by atoms with Crippen LogP contribution in [0.2, 0.25) is 0 Å². The molecule has 154 valence electrons. The third-order valence-corrected chi connectivity index (χ3v) is 6.05. The van der Waals surface area contributed by atoms with Gasteiger partial charge in [0.05, 0.1) is 6.20 Å². The van der Waals surface area contributed by atoms with Crippen LogP contribution in [0.3, 0.4) is 0 Å². The van der Waals surface area contributed by atoms with E-state index in [9.17, 15) is 8.42 Å². The molecule has 1 aromatic carbocycles. The van der Waals surface area contributed by atoms with Gasteiger partial charge >= 0.3 is 0 Å². The first-order valence-electron chi connectivity index (χ1n) is 9.87. The molecule has 0 aliphatic carbocycles. The molecule has 1 aliphatic rings. The second-order valence-electron chi connectivity index (χ2n) is 7.77. The Bertz CT molecular complexity index is 1130. The fourth-order valence-electron chi connectivity index (χ4n) is 3.66. The van der Waals surface area contributed by atoms with Gasteiger partial charge in [-0.3, -0.25) is 0 Å². The Morgan fingerprint density at radius 3 is 2.55 bits per heavy atom. The van der Waals surface area contributed by atoms with Crippen LogP contribution in [-0.2, 0) is 16.4 Å². The van der Waals surface area contributed by atoms with Crippen molar-refractivity contribution in [3.8, 4) is 0 Å². The van der Waals surface area contributed by atoms with Crippen molar-refractivity contribution in [2.24, 2.45) is 0 Å². The van der Waals surface area contributed by atoms with Crippen LogP contribution < -0.4 is 10.2 Å². The lowest BCUT2D eigenvalue weighted by molar-refractivity contribution is 0.592. The second-order valence-corrected chi connectivity index (χ2v) is 9.68. The molecule has 1 fully saturated rings. The molecule has 0 saturated carbocycles. The van der Waals surface area contributed by atoms with E-state index in [0.717, 1.165) is 30.5 Å². The zero-order chi connectivity index (χ0) is 20.6. The van der Waals surface area contributed by atoms with E-state index < -0.39 is 9.84 Å². The number of benzene rings is 1. The summed E-state index contributed by atoms with van der Waals surface area (Å²) < 4.78 is 25.9. The first-order chi connectivity index (χ1) is 13.8. The SMILES string of the molecule is CC(C)c1cnn2c(NCc3ccccc3N3CCCC3)nc(S(C)(=O)=O)nc12. The van der Waals surface area contributed by atoms with Crippen LogP contribution in [0.1, 0.15) is 43.7 Å². The predicted octanol–water partition coefficient (Wildman–Crippen LogP) is 2.86. The molecule has 1 N–H and O–H groups in total. The van der Waals surface area contributed by atoms with Gasteiger partial charge in [0.15, 0.2) is 5.65 Å². The maximum Gasteiger partial charge on any atom is 0.252 e. The molecular weight excluding hydrogens is 388 g/mol. The maximum atomic E-state index is 12.1. The second kappa shape index (κ2) is 7.62. The lowest BCUT2D eigenvalue weighted by atomic mass is 10.1. The minimum absolute atomic E-state index is 0.165. The van der Waals surface area contributed by atoms with Gasteiger partial charge in [0.2, 0.25) is 15.8 Å². The van der Waals surface area contributed by atoms with Crippen molar-refractivity contribution >= 4 is 27.1 Å². The van der Waals surface area contributed by atoms with Gasteiger partial charge in [-0.1, -0.05) is 32.0 Å². The summed E-state index contributed by atoms with van der Waals surface area (Å²) in [7, 11) is -3.55. The van der Waals surface area contributed by atoms with Crippen molar-refractivity contribution in [1.29, 1.82) is 0 Å². The molecule has 4 rings (SSSR count). The Labute approximate surface area is 170 Å². The molecular formula is C20H26N6O2S. The van der Waals surface area contributed by atoms with E-state index in [1.54, 1.807) is 10.7 Å². The molecule has 0 amide bonds. The highest BCUT2D eigenvalue weighted by molar-refractivity contribution is 7.90. The van der Waals surface area contributed by atoms with Gasteiger partial charge in [0, 0.05) is 37.1 Å². The normalized spacial score (nSPS) is 14.8. The topological polar surface area (TPSA) is 92.5 Å². The van der Waals surface area contributed by atoms with Crippen LogP contribution in [-0.4, -0.2) is 47.3 Å². The van der Waals surface area contributed by atoms with Gasteiger partial charge in [0.25, 0.3) is 5.16 Å². The van der Waals surface area contributed by atoms with E-state index in [1.165, 1.54) is 18.5 Å². The van der Waals surface area contributed by atoms with Crippen molar-refractivity contribution in [2.75, 3.05) is 29.6 Å². The number of aromatic nitrogens is 4. The number of hydrogen-bond donors (Lipinski definition) is 1. The average Bonchev–Trinajstić information content (AvgIpc) is 3.35. The molecule has 0 atom stereocenters. The summed E-state index contributed by atoms with van der Waals surface area (Å²) in [5.41, 5.74) is 3.75. The first-order valence-corrected chi connectivity index (χ1v) is 11.8. The number of fused-ring (bicyclic) bond motifs is 1. The molecule has 9 heteroatoms. The monoisotopic (exact) mass is 414 g/mol. The molecule has 3 heterocycles. The van der Waals surface area contributed by atoms with Crippen molar-refractivity contribution in [2.45, 2.75) is 44.3 Å². The third kappa shape index (κ3) is 3.91. The molecule has 1 saturated heterocycles. The minimum Gasteiger partial charge on any atom is -0.371 e. The summed E-state index contributed by atoms with van der Waals surface area (Å²) in [6.45, 7) is 6.68. The minimum atomic E-state index is -3.55. The van der Waals surface area contributed by atoms with Crippen LogP contribution >= 0.6 is 0 Å². The molecule has 1 aliphatic heterocycles. The van der Waals surface area contributed by atoms with E-state index in [2.05, 4.69) is 37.4 Å². The number of rotatable bonds is 6. The molecule has 0 unspecified atom stereocenters. The highest BCUT2D eigenvalue weighted by Crippen LogP contribution is 2.26. The summed E-state index contributed by atoms with van der Waals surface area (Å²) in [4.78, 5) is 10.9. The van der Waals surface area contributed by atoms with Gasteiger partial charge in [-0.15, -0.1) is 0 Å². The van der Waals surface area contributed by atoms with Gasteiger partial charge in [-0.25, -0.2) is 8.42 Å². The highest BCUT2D eigenvalue weighted by atomic mass is 32.2. The standard InChI is InChI=1S/C20H26N6O2S/c1-14(2)16-13-22-26-18(16)23-20(29(3,27)28)24-19(26)21-12-15-8-4-5-9-17(15)25-10-6-7-11-25/h4-5,8-9,13-14H,6-7,10-12H2,1-3H3,(H,21,23,24). The van der Waals surface area contributed by atoms with Gasteiger partial charge in [0.1, 0.15) is 0 Å². The van der Waals surface area contributed by atoms with E-state index in [0.29, 0.717) is 18.1 Å². The van der Waals surface area contributed by atoms with E-state index in [4.69, 9.17) is 0 Å². The highest BCUT2D eigenvalue weighted by Gasteiger charge is 2.20. The average molecular weight is 415 g/mol. The lowest BCUT2D eigenvalue weighted by Crippen LogP contribution is -2.20. The Morgan fingerprint density at radius 1 is 1.14 bits per heavy atom. The van der Waals surface area contributed by atoms with Gasteiger partial charge < -0.3 is 10.2 Å². The molecule has 0 bridgehead atoms. The number of sulfone groups is 1. The van der Waals surface area contributed by atoms with Crippen LogP contribution in [0.15, 0.2) is 35.6 Å². The summed E-state index contributed by atoms with van der Waals surface area (Å²) in [6.07, 6.45) is 5.26. The van der Waals surface area contributed by atoms with Crippen molar-refractivity contribution in [3.63, 3.8) is 0 Å². The van der Waals surface area contributed by atoms with Crippen LogP contribution in [0.4, 0.5) is 11.6 Å². The Kier molecular flexibility index (Phi) is 5.16. The molecule has 0 spiro atoms. The van der Waals surface area contributed by atoms with Gasteiger partial charge in [-0.2, -0.15) is 19.6 Å². The number of nitrogens with one attached hydrogen (secondary N) is 1. The maximum absolute atomic E-state index is 12.1. The fourth-order valence-corrected chi connectivity index (χ4v) is 4.17. The fraction of sp³-hybridized carbons (Fsp3) is 0.450. The summed E-state index contributed by atoms with van der Waals surface area (Å²) in [5, 5.41) is 7.50. The largest absolute Gasteiger partial charge is 0.371 e. The van der Waals surface area contributed by atoms with Crippen molar-refractivity contribution in [1.82, 2.24) is 19.6 Å².